The lowest BCUT2D eigenvalue weighted by molar-refractivity contribution is -0.147. The number of esters is 2. The summed E-state index contributed by atoms with van der Waals surface area (Å²) in [4.78, 5) is 23.7. The predicted molar refractivity (Wildman–Crippen MR) is 92.4 cm³/mol. The van der Waals surface area contributed by atoms with Crippen LogP contribution < -0.4 is 0 Å². The Morgan fingerprint density at radius 1 is 0.731 bits per heavy atom. The van der Waals surface area contributed by atoms with Crippen molar-refractivity contribution in [3.05, 3.63) is 0 Å². The van der Waals surface area contributed by atoms with Crippen LogP contribution in [0.4, 0.5) is 0 Å². The van der Waals surface area contributed by atoms with E-state index in [1.807, 2.05) is 0 Å². The number of epoxide rings is 2. The number of fused-ring (bicyclic) bond motifs is 2. The largest absolute Gasteiger partial charge is 0.465 e. The lowest BCUT2D eigenvalue weighted by Crippen LogP contribution is -2.23. The Bertz CT molecular complexity index is 474. The summed E-state index contributed by atoms with van der Waals surface area (Å²) in [5, 5.41) is 0. The third kappa shape index (κ3) is 4.77. The SMILES string of the molecule is O=C(CCCCC(=O)OCC1CCCC2OC12)OCC1CCCC2OC12. The van der Waals surface area contributed by atoms with E-state index in [0.29, 0.717) is 75.1 Å². The summed E-state index contributed by atoms with van der Waals surface area (Å²) in [5.41, 5.74) is 0. The van der Waals surface area contributed by atoms with Gasteiger partial charge in [0.1, 0.15) is 0 Å². The zero-order valence-corrected chi connectivity index (χ0v) is 15.4. The zero-order valence-electron chi connectivity index (χ0n) is 15.4. The molecule has 6 nitrogen and oxygen atoms in total. The number of rotatable bonds is 9. The van der Waals surface area contributed by atoms with Crippen LogP contribution in [-0.2, 0) is 28.5 Å². The van der Waals surface area contributed by atoms with Gasteiger partial charge >= 0.3 is 11.9 Å². The van der Waals surface area contributed by atoms with Crippen LogP contribution in [-0.4, -0.2) is 49.6 Å². The maximum Gasteiger partial charge on any atom is 0.305 e. The maximum absolute atomic E-state index is 11.8. The van der Waals surface area contributed by atoms with Gasteiger partial charge in [-0.05, 0) is 38.5 Å². The fraction of sp³-hybridized carbons (Fsp3) is 0.900. The van der Waals surface area contributed by atoms with Crippen molar-refractivity contribution >= 4 is 11.9 Å². The van der Waals surface area contributed by atoms with Crippen molar-refractivity contribution in [3.63, 3.8) is 0 Å². The van der Waals surface area contributed by atoms with Crippen molar-refractivity contribution in [3.8, 4) is 0 Å². The van der Waals surface area contributed by atoms with Crippen molar-refractivity contribution in [2.75, 3.05) is 13.2 Å². The van der Waals surface area contributed by atoms with Gasteiger partial charge in [-0.15, -0.1) is 0 Å². The van der Waals surface area contributed by atoms with Crippen LogP contribution in [0.15, 0.2) is 0 Å². The first-order valence-electron chi connectivity index (χ1n) is 10.3. The zero-order chi connectivity index (χ0) is 17.9. The lowest BCUT2D eigenvalue weighted by Gasteiger charge is -2.18. The van der Waals surface area contributed by atoms with E-state index in [4.69, 9.17) is 18.9 Å². The second-order valence-electron chi connectivity index (χ2n) is 8.23. The summed E-state index contributed by atoms with van der Waals surface area (Å²) >= 11 is 0. The Kier molecular flexibility index (Phi) is 5.79. The molecule has 0 amide bonds. The number of carbonyl (C=O) groups is 2. The minimum Gasteiger partial charge on any atom is -0.465 e. The molecule has 4 rings (SSSR count). The molecule has 6 heteroatoms. The van der Waals surface area contributed by atoms with Crippen molar-refractivity contribution in [2.24, 2.45) is 11.8 Å². The molecule has 146 valence electrons. The second kappa shape index (κ2) is 8.26. The van der Waals surface area contributed by atoms with Crippen molar-refractivity contribution < 1.29 is 28.5 Å². The number of carbonyl (C=O) groups excluding carboxylic acids is 2. The Morgan fingerprint density at radius 3 is 1.65 bits per heavy atom. The first kappa shape index (κ1) is 18.2. The molecule has 6 atom stereocenters. The summed E-state index contributed by atoms with van der Waals surface area (Å²) in [6.07, 6.45) is 10.4. The summed E-state index contributed by atoms with van der Waals surface area (Å²) < 4.78 is 21.9. The normalized spacial score (nSPS) is 37.2. The van der Waals surface area contributed by atoms with E-state index in [0.717, 1.165) is 25.7 Å². The molecule has 0 aromatic heterocycles. The molecule has 0 aromatic rings. The van der Waals surface area contributed by atoms with Crippen LogP contribution in [0.5, 0.6) is 0 Å². The van der Waals surface area contributed by atoms with E-state index in [2.05, 4.69) is 0 Å². The van der Waals surface area contributed by atoms with Gasteiger partial charge in [-0.1, -0.05) is 12.8 Å². The fourth-order valence-corrected chi connectivity index (χ4v) is 4.54. The molecule has 4 fully saturated rings. The molecule has 26 heavy (non-hydrogen) atoms. The molecular weight excluding hydrogens is 336 g/mol. The topological polar surface area (TPSA) is 77.7 Å². The first-order chi connectivity index (χ1) is 12.7. The first-order valence-corrected chi connectivity index (χ1v) is 10.3. The standard InChI is InChI=1S/C20H30O6/c21-17(23-11-13-5-3-7-15-19(13)25-15)9-1-2-10-18(22)24-12-14-6-4-8-16-20(14)26-16/h13-16,19-20H,1-12H2. The van der Waals surface area contributed by atoms with Gasteiger partial charge in [-0.3, -0.25) is 9.59 Å². The molecule has 4 aliphatic rings. The molecule has 0 aromatic carbocycles. The summed E-state index contributed by atoms with van der Waals surface area (Å²) in [5.74, 6) is 0.422. The second-order valence-corrected chi connectivity index (χ2v) is 8.23. The quantitative estimate of drug-likeness (QED) is 0.355. The Hall–Kier alpha value is -1.14. The van der Waals surface area contributed by atoms with Gasteiger partial charge in [-0.25, -0.2) is 0 Å². The highest BCUT2D eigenvalue weighted by molar-refractivity contribution is 5.70. The van der Waals surface area contributed by atoms with Crippen molar-refractivity contribution in [1.29, 1.82) is 0 Å². The predicted octanol–water partition coefficient (Wildman–Crippen LogP) is 2.77. The minimum absolute atomic E-state index is 0.166. The number of hydrogen-bond donors (Lipinski definition) is 0. The van der Waals surface area contributed by atoms with Crippen molar-refractivity contribution in [2.45, 2.75) is 88.6 Å². The van der Waals surface area contributed by atoms with Gasteiger partial charge in [0.15, 0.2) is 0 Å². The van der Waals surface area contributed by atoms with Gasteiger partial charge in [0.05, 0.1) is 37.6 Å². The highest BCUT2D eigenvalue weighted by Gasteiger charge is 2.48. The van der Waals surface area contributed by atoms with Crippen LogP contribution in [0.2, 0.25) is 0 Å². The van der Waals surface area contributed by atoms with Crippen LogP contribution >= 0.6 is 0 Å². The molecule has 0 radical (unpaired) electrons. The molecular formula is C20H30O6. The Labute approximate surface area is 154 Å². The number of unbranched alkanes of at least 4 members (excludes halogenated alkanes) is 1. The summed E-state index contributed by atoms with van der Waals surface area (Å²) in [6.45, 7) is 0.960. The minimum atomic E-state index is -0.166. The smallest absolute Gasteiger partial charge is 0.305 e. The molecule has 2 heterocycles. The third-order valence-corrected chi connectivity index (χ3v) is 6.23. The number of hydrogen-bond acceptors (Lipinski definition) is 6. The lowest BCUT2D eigenvalue weighted by atomic mass is 9.90. The molecule has 0 N–H and O–H groups in total. The monoisotopic (exact) mass is 366 g/mol. The third-order valence-electron chi connectivity index (χ3n) is 6.23. The Balaban J connectivity index is 1.01. The van der Waals surface area contributed by atoms with E-state index in [9.17, 15) is 9.59 Å². The van der Waals surface area contributed by atoms with E-state index >= 15 is 0 Å². The molecule has 6 unspecified atom stereocenters. The van der Waals surface area contributed by atoms with Gasteiger partial charge in [0, 0.05) is 24.7 Å². The molecule has 2 saturated carbocycles. The maximum atomic E-state index is 11.8. The fourth-order valence-electron chi connectivity index (χ4n) is 4.54. The van der Waals surface area contributed by atoms with Crippen LogP contribution in [0.3, 0.4) is 0 Å². The van der Waals surface area contributed by atoms with Crippen molar-refractivity contribution in [1.82, 2.24) is 0 Å². The average molecular weight is 366 g/mol. The van der Waals surface area contributed by atoms with E-state index < -0.39 is 0 Å². The number of ether oxygens (including phenoxy) is 4. The Morgan fingerprint density at radius 2 is 1.19 bits per heavy atom. The van der Waals surface area contributed by atoms with Gasteiger partial charge in [-0.2, -0.15) is 0 Å². The summed E-state index contributed by atoms with van der Waals surface area (Å²) in [6, 6.07) is 0. The van der Waals surface area contributed by atoms with E-state index in [1.165, 1.54) is 12.8 Å². The van der Waals surface area contributed by atoms with E-state index in [-0.39, 0.29) is 11.9 Å². The van der Waals surface area contributed by atoms with E-state index in [1.54, 1.807) is 0 Å². The molecule has 0 spiro atoms. The molecule has 2 saturated heterocycles. The summed E-state index contributed by atoms with van der Waals surface area (Å²) in [7, 11) is 0. The average Bonchev–Trinajstić information content (AvgIpc) is 3.54. The van der Waals surface area contributed by atoms with Gasteiger partial charge in [0.25, 0.3) is 0 Å². The van der Waals surface area contributed by atoms with Gasteiger partial charge < -0.3 is 18.9 Å². The van der Waals surface area contributed by atoms with Crippen LogP contribution in [0.1, 0.15) is 64.2 Å². The highest BCUT2D eigenvalue weighted by Crippen LogP contribution is 2.41. The molecule has 2 aliphatic heterocycles. The van der Waals surface area contributed by atoms with Crippen LogP contribution in [0, 0.1) is 11.8 Å². The molecule has 0 bridgehead atoms. The van der Waals surface area contributed by atoms with Gasteiger partial charge in [0.2, 0.25) is 0 Å². The highest BCUT2D eigenvalue weighted by atomic mass is 16.6. The van der Waals surface area contributed by atoms with Crippen LogP contribution in [0.25, 0.3) is 0 Å². The molecule has 2 aliphatic carbocycles.